The predicted octanol–water partition coefficient (Wildman–Crippen LogP) is 3.35. The molecule has 23 heavy (non-hydrogen) atoms. The van der Waals surface area contributed by atoms with E-state index in [4.69, 9.17) is 0 Å². The maximum atomic E-state index is 13.2. The summed E-state index contributed by atoms with van der Waals surface area (Å²) < 4.78 is 0. The van der Waals surface area contributed by atoms with Crippen LogP contribution in [0.1, 0.15) is 56.4 Å². The number of Topliss-reactive ketones (excluding diaryl/α,β-unsaturated/α-hetero) is 2. The molecule has 0 saturated carbocycles. The number of carbonyl (C=O) groups is 2. The van der Waals surface area contributed by atoms with Crippen molar-refractivity contribution in [2.24, 2.45) is 11.3 Å². The summed E-state index contributed by atoms with van der Waals surface area (Å²) in [5, 5.41) is 11.6. The first-order chi connectivity index (χ1) is 10.6. The number of benzene rings is 1. The molecule has 0 aliphatic heterocycles. The van der Waals surface area contributed by atoms with Gasteiger partial charge in [0.1, 0.15) is 5.78 Å². The number of ketones is 2. The molecule has 1 aromatic carbocycles. The lowest BCUT2D eigenvalue weighted by Crippen LogP contribution is -2.54. The molecule has 2 aliphatic carbocycles. The summed E-state index contributed by atoms with van der Waals surface area (Å²) in [6.45, 7) is 9.28. The molecule has 0 bridgehead atoms. The van der Waals surface area contributed by atoms with Gasteiger partial charge in [-0.3, -0.25) is 9.59 Å². The van der Waals surface area contributed by atoms with Crippen LogP contribution in [0.2, 0.25) is 0 Å². The summed E-state index contributed by atoms with van der Waals surface area (Å²) in [6, 6.07) is 3.97. The Bertz CT molecular complexity index is 752. The van der Waals surface area contributed by atoms with Gasteiger partial charge in [-0.25, -0.2) is 0 Å². The topological polar surface area (TPSA) is 54.4 Å². The molecule has 0 radical (unpaired) electrons. The van der Waals surface area contributed by atoms with Gasteiger partial charge >= 0.3 is 0 Å². The van der Waals surface area contributed by atoms with Gasteiger partial charge in [0, 0.05) is 17.6 Å². The molecule has 0 amide bonds. The summed E-state index contributed by atoms with van der Waals surface area (Å²) in [6.07, 6.45) is 2.83. The number of hydrogen-bond donors (Lipinski definition) is 1. The highest BCUT2D eigenvalue weighted by Gasteiger charge is 2.59. The van der Waals surface area contributed by atoms with E-state index in [9.17, 15) is 14.7 Å². The highest BCUT2D eigenvalue weighted by Crippen LogP contribution is 2.52. The molecule has 0 aromatic heterocycles. The summed E-state index contributed by atoms with van der Waals surface area (Å²) in [5.41, 5.74) is 1.20. The number of aliphatic hydroxyl groups is 1. The van der Waals surface area contributed by atoms with Crippen LogP contribution in [-0.2, 0) is 21.6 Å². The van der Waals surface area contributed by atoms with Gasteiger partial charge in [-0.1, -0.05) is 26.0 Å². The Labute approximate surface area is 137 Å². The van der Waals surface area contributed by atoms with E-state index in [1.807, 2.05) is 39.0 Å². The number of rotatable bonds is 1. The molecule has 3 rings (SSSR count). The van der Waals surface area contributed by atoms with Crippen LogP contribution in [0.15, 0.2) is 17.7 Å². The fourth-order valence-corrected chi connectivity index (χ4v) is 3.97. The predicted molar refractivity (Wildman–Crippen MR) is 90.0 cm³/mol. The Hall–Kier alpha value is -1.74. The largest absolute Gasteiger partial charge is 0.376 e. The minimum Gasteiger partial charge on any atom is -0.376 e. The minimum absolute atomic E-state index is 0.00131. The van der Waals surface area contributed by atoms with Crippen molar-refractivity contribution < 1.29 is 14.7 Å². The lowest BCUT2D eigenvalue weighted by Gasteiger charge is -2.44. The molecule has 3 nitrogen and oxygen atoms in total. The Morgan fingerprint density at radius 2 is 1.78 bits per heavy atom. The molecule has 1 atom stereocenters. The average molecular weight is 312 g/mol. The highest BCUT2D eigenvalue weighted by atomic mass is 16.3. The third-order valence-electron chi connectivity index (χ3n) is 5.67. The van der Waals surface area contributed by atoms with Gasteiger partial charge < -0.3 is 5.11 Å². The second-order valence-corrected chi connectivity index (χ2v) is 7.67. The van der Waals surface area contributed by atoms with Crippen LogP contribution >= 0.6 is 0 Å². The van der Waals surface area contributed by atoms with Gasteiger partial charge in [-0.05, 0) is 55.9 Å². The lowest BCUT2D eigenvalue weighted by molar-refractivity contribution is -0.159. The first-order valence-corrected chi connectivity index (χ1v) is 8.27. The molecule has 3 heteroatoms. The molecule has 0 heterocycles. The van der Waals surface area contributed by atoms with E-state index < -0.39 is 11.0 Å². The van der Waals surface area contributed by atoms with Crippen molar-refractivity contribution in [1.82, 2.24) is 0 Å². The number of aryl methyl sites for hydroxylation is 1. The summed E-state index contributed by atoms with van der Waals surface area (Å²) in [4.78, 5) is 25.9. The maximum Gasteiger partial charge on any atom is 0.196 e. The second kappa shape index (κ2) is 4.88. The van der Waals surface area contributed by atoms with Crippen molar-refractivity contribution in [3.8, 4) is 0 Å². The van der Waals surface area contributed by atoms with Crippen LogP contribution < -0.4 is 0 Å². The Morgan fingerprint density at radius 3 is 2.39 bits per heavy atom. The van der Waals surface area contributed by atoms with E-state index in [2.05, 4.69) is 0 Å². The van der Waals surface area contributed by atoms with Crippen LogP contribution in [0, 0.1) is 18.3 Å². The van der Waals surface area contributed by atoms with Crippen molar-refractivity contribution in [3.05, 3.63) is 40.0 Å². The summed E-state index contributed by atoms with van der Waals surface area (Å²) >= 11 is 0. The van der Waals surface area contributed by atoms with E-state index in [0.717, 1.165) is 16.7 Å². The van der Waals surface area contributed by atoms with Gasteiger partial charge in [0.15, 0.2) is 11.4 Å². The molecule has 0 saturated heterocycles. The Morgan fingerprint density at radius 1 is 1.13 bits per heavy atom. The second-order valence-electron chi connectivity index (χ2n) is 7.67. The fourth-order valence-electron chi connectivity index (χ4n) is 3.97. The van der Waals surface area contributed by atoms with Gasteiger partial charge in [0.25, 0.3) is 0 Å². The van der Waals surface area contributed by atoms with Crippen molar-refractivity contribution in [2.45, 2.75) is 53.1 Å². The van der Waals surface area contributed by atoms with Crippen molar-refractivity contribution in [2.75, 3.05) is 0 Å². The van der Waals surface area contributed by atoms with Crippen molar-refractivity contribution >= 4 is 17.6 Å². The quantitative estimate of drug-likeness (QED) is 0.865. The zero-order valence-electron chi connectivity index (χ0n) is 14.5. The van der Waals surface area contributed by atoms with Crippen molar-refractivity contribution in [1.29, 1.82) is 0 Å². The molecule has 2 aliphatic rings. The number of hydrogen-bond acceptors (Lipinski definition) is 3. The third kappa shape index (κ3) is 1.92. The van der Waals surface area contributed by atoms with Gasteiger partial charge in [0.2, 0.25) is 0 Å². The van der Waals surface area contributed by atoms with Gasteiger partial charge in [-0.2, -0.15) is 0 Å². The third-order valence-corrected chi connectivity index (χ3v) is 5.67. The van der Waals surface area contributed by atoms with Crippen LogP contribution in [0.25, 0.3) is 6.08 Å². The molecule has 0 fully saturated rings. The molecule has 1 unspecified atom stereocenters. The molecule has 1 N–H and O–H groups in total. The highest BCUT2D eigenvalue weighted by molar-refractivity contribution is 6.12. The van der Waals surface area contributed by atoms with E-state index in [-0.39, 0.29) is 17.5 Å². The van der Waals surface area contributed by atoms with E-state index in [1.165, 1.54) is 0 Å². The van der Waals surface area contributed by atoms with Gasteiger partial charge in [-0.15, -0.1) is 0 Å². The molecule has 122 valence electrons. The SMILES string of the molecule is Cc1ccc2c3c1CCC(=O)C(C)(C)C3(O)C(=O)C(C(C)C)=C2. The molecular formula is C20H24O3. The fraction of sp³-hybridized carbons (Fsp3) is 0.500. The zero-order valence-corrected chi connectivity index (χ0v) is 14.5. The Balaban J connectivity index is 2.45. The van der Waals surface area contributed by atoms with Crippen LogP contribution in [-0.4, -0.2) is 16.7 Å². The Kier molecular flexibility index (Phi) is 3.42. The molecular weight excluding hydrogens is 288 g/mol. The minimum atomic E-state index is -1.77. The normalized spacial score (nSPS) is 26.0. The first kappa shape index (κ1) is 16.1. The van der Waals surface area contributed by atoms with E-state index in [0.29, 0.717) is 24.0 Å². The van der Waals surface area contributed by atoms with E-state index in [1.54, 1.807) is 13.8 Å². The van der Waals surface area contributed by atoms with E-state index >= 15 is 0 Å². The lowest BCUT2D eigenvalue weighted by atomic mass is 9.61. The maximum absolute atomic E-state index is 13.2. The van der Waals surface area contributed by atoms with Crippen LogP contribution in [0.3, 0.4) is 0 Å². The molecule has 0 spiro atoms. The monoisotopic (exact) mass is 312 g/mol. The average Bonchev–Trinajstić information content (AvgIpc) is 2.55. The zero-order chi connectivity index (χ0) is 17.2. The summed E-state index contributed by atoms with van der Waals surface area (Å²) in [7, 11) is 0. The summed E-state index contributed by atoms with van der Waals surface area (Å²) in [5.74, 6) is -0.370. The van der Waals surface area contributed by atoms with Crippen molar-refractivity contribution in [3.63, 3.8) is 0 Å². The first-order valence-electron chi connectivity index (χ1n) is 8.27. The van der Waals surface area contributed by atoms with Crippen LogP contribution in [0.5, 0.6) is 0 Å². The number of carbonyl (C=O) groups excluding carboxylic acids is 2. The molecule has 1 aromatic rings. The standard InChI is InChI=1S/C20H24O3/c1-11(2)15-10-13-7-6-12(3)14-8-9-16(21)19(4,5)20(23,17(13)14)18(15)22/h6-7,10-11,23H,8-9H2,1-5H3. The smallest absolute Gasteiger partial charge is 0.196 e. The van der Waals surface area contributed by atoms with Gasteiger partial charge in [0.05, 0.1) is 5.41 Å². The van der Waals surface area contributed by atoms with Crippen LogP contribution in [0.4, 0.5) is 0 Å².